The summed E-state index contributed by atoms with van der Waals surface area (Å²) < 4.78 is 4.88. The minimum Gasteiger partial charge on any atom is -0.368 e. The largest absolute Gasteiger partial charge is 0.368 e. The predicted octanol–water partition coefficient (Wildman–Crippen LogP) is -0.924. The van der Waals surface area contributed by atoms with E-state index in [1.807, 2.05) is 0 Å². The highest BCUT2D eigenvalue weighted by Gasteiger charge is 2.05. The molecule has 1 heterocycles. The number of nitrogen functional groups attached to an aromatic ring is 2. The Morgan fingerprint density at radius 1 is 1.23 bits per heavy atom. The van der Waals surface area contributed by atoms with Gasteiger partial charge in [0.1, 0.15) is 6.73 Å². The SMILES string of the molecule is COCN(C)c1nc(N)nc(N)n1. The van der Waals surface area contributed by atoms with E-state index >= 15 is 0 Å². The summed E-state index contributed by atoms with van der Waals surface area (Å²) in [4.78, 5) is 13.1. The van der Waals surface area contributed by atoms with Crippen LogP contribution in [-0.2, 0) is 4.74 Å². The van der Waals surface area contributed by atoms with E-state index in [0.29, 0.717) is 12.7 Å². The molecule has 0 saturated carbocycles. The van der Waals surface area contributed by atoms with Crippen molar-refractivity contribution in [1.82, 2.24) is 15.0 Å². The maximum Gasteiger partial charge on any atom is 0.233 e. The smallest absolute Gasteiger partial charge is 0.233 e. The minimum absolute atomic E-state index is 0.102. The molecule has 7 heteroatoms. The van der Waals surface area contributed by atoms with Crippen LogP contribution in [0.4, 0.5) is 17.8 Å². The van der Waals surface area contributed by atoms with Crippen molar-refractivity contribution in [3.8, 4) is 0 Å². The molecule has 0 radical (unpaired) electrons. The molecule has 7 nitrogen and oxygen atoms in total. The number of methoxy groups -OCH3 is 1. The van der Waals surface area contributed by atoms with Gasteiger partial charge in [0.2, 0.25) is 17.8 Å². The number of nitrogens with zero attached hydrogens (tertiary/aromatic N) is 4. The van der Waals surface area contributed by atoms with Gasteiger partial charge in [0.05, 0.1) is 0 Å². The third-order valence-corrected chi connectivity index (χ3v) is 1.32. The van der Waals surface area contributed by atoms with Gasteiger partial charge in [0, 0.05) is 14.2 Å². The van der Waals surface area contributed by atoms with Crippen LogP contribution in [0.2, 0.25) is 0 Å². The molecule has 0 saturated heterocycles. The molecule has 0 aliphatic heterocycles. The van der Waals surface area contributed by atoms with Gasteiger partial charge in [-0.1, -0.05) is 0 Å². The van der Waals surface area contributed by atoms with Crippen molar-refractivity contribution in [2.75, 3.05) is 37.3 Å². The Morgan fingerprint density at radius 2 is 1.77 bits per heavy atom. The molecular weight excluding hydrogens is 172 g/mol. The zero-order valence-electron chi connectivity index (χ0n) is 7.56. The van der Waals surface area contributed by atoms with Gasteiger partial charge in [-0.25, -0.2) is 0 Å². The first-order chi connectivity index (χ1) is 6.13. The van der Waals surface area contributed by atoms with Gasteiger partial charge in [-0.15, -0.1) is 0 Å². The first kappa shape index (κ1) is 9.46. The van der Waals surface area contributed by atoms with Gasteiger partial charge in [0.25, 0.3) is 0 Å². The first-order valence-electron chi connectivity index (χ1n) is 3.60. The molecule has 0 fully saturated rings. The number of rotatable bonds is 3. The second kappa shape index (κ2) is 3.85. The van der Waals surface area contributed by atoms with Crippen molar-refractivity contribution in [2.45, 2.75) is 0 Å². The third-order valence-electron chi connectivity index (χ3n) is 1.32. The Kier molecular flexibility index (Phi) is 2.80. The fourth-order valence-corrected chi connectivity index (χ4v) is 0.819. The maximum atomic E-state index is 5.38. The minimum atomic E-state index is 0.102. The Hall–Kier alpha value is -1.63. The molecule has 0 bridgehead atoms. The Bertz CT molecular complexity index is 270. The van der Waals surface area contributed by atoms with Crippen LogP contribution in [0.15, 0.2) is 0 Å². The highest BCUT2D eigenvalue weighted by Crippen LogP contribution is 2.07. The van der Waals surface area contributed by atoms with Gasteiger partial charge in [-0.3, -0.25) is 0 Å². The number of hydrogen-bond donors (Lipinski definition) is 2. The molecule has 4 N–H and O–H groups in total. The lowest BCUT2D eigenvalue weighted by molar-refractivity contribution is 0.201. The summed E-state index contributed by atoms with van der Waals surface area (Å²) in [5.41, 5.74) is 10.8. The summed E-state index contributed by atoms with van der Waals surface area (Å²) in [6.07, 6.45) is 0. The lowest BCUT2D eigenvalue weighted by Crippen LogP contribution is -2.23. The molecular formula is C6H12N6O. The van der Waals surface area contributed by atoms with E-state index in [1.165, 1.54) is 0 Å². The van der Waals surface area contributed by atoms with Crippen LogP contribution in [0.25, 0.3) is 0 Å². The van der Waals surface area contributed by atoms with Crippen molar-refractivity contribution >= 4 is 17.8 Å². The van der Waals surface area contributed by atoms with Crippen LogP contribution in [0.3, 0.4) is 0 Å². The van der Waals surface area contributed by atoms with Crippen molar-refractivity contribution in [3.63, 3.8) is 0 Å². The van der Waals surface area contributed by atoms with Crippen molar-refractivity contribution < 1.29 is 4.74 Å². The highest BCUT2D eigenvalue weighted by atomic mass is 16.5. The van der Waals surface area contributed by atoms with Crippen LogP contribution in [-0.4, -0.2) is 35.8 Å². The topological polar surface area (TPSA) is 103 Å². The molecule has 72 valence electrons. The summed E-state index contributed by atoms with van der Waals surface area (Å²) in [5, 5.41) is 0. The van der Waals surface area contributed by atoms with E-state index in [-0.39, 0.29) is 11.9 Å². The predicted molar refractivity (Wildman–Crippen MR) is 48.9 cm³/mol. The summed E-state index contributed by atoms with van der Waals surface area (Å²) in [5.74, 6) is 0.600. The Balaban J connectivity index is 2.87. The van der Waals surface area contributed by atoms with Crippen LogP contribution in [0.1, 0.15) is 0 Å². The molecule has 1 rings (SSSR count). The molecule has 0 amide bonds. The van der Waals surface area contributed by atoms with Crippen LogP contribution in [0, 0.1) is 0 Å². The maximum absolute atomic E-state index is 5.38. The normalized spacial score (nSPS) is 10.0. The van der Waals surface area contributed by atoms with E-state index in [1.54, 1.807) is 19.1 Å². The molecule has 13 heavy (non-hydrogen) atoms. The van der Waals surface area contributed by atoms with Gasteiger partial charge < -0.3 is 21.1 Å². The number of ether oxygens (including phenoxy) is 1. The molecule has 0 aromatic carbocycles. The van der Waals surface area contributed by atoms with Crippen LogP contribution in [0.5, 0.6) is 0 Å². The summed E-state index contributed by atoms with van der Waals surface area (Å²) >= 11 is 0. The zero-order chi connectivity index (χ0) is 9.84. The summed E-state index contributed by atoms with van der Waals surface area (Å²) in [7, 11) is 3.34. The number of nitrogens with two attached hydrogens (primary N) is 2. The molecule has 0 aliphatic carbocycles. The third kappa shape index (κ3) is 2.41. The summed E-state index contributed by atoms with van der Waals surface area (Å²) in [6.45, 7) is 0.364. The molecule has 0 spiro atoms. The molecule has 0 atom stereocenters. The second-order valence-corrected chi connectivity index (χ2v) is 2.47. The zero-order valence-corrected chi connectivity index (χ0v) is 7.56. The van der Waals surface area contributed by atoms with E-state index in [2.05, 4.69) is 15.0 Å². The van der Waals surface area contributed by atoms with Gasteiger partial charge >= 0.3 is 0 Å². The molecule has 1 aromatic heterocycles. The monoisotopic (exact) mass is 184 g/mol. The highest BCUT2D eigenvalue weighted by molar-refractivity contribution is 5.38. The van der Waals surface area contributed by atoms with Crippen molar-refractivity contribution in [3.05, 3.63) is 0 Å². The molecule has 0 unspecified atom stereocenters. The number of aromatic nitrogens is 3. The quantitative estimate of drug-likeness (QED) is 0.585. The van der Waals surface area contributed by atoms with E-state index < -0.39 is 0 Å². The van der Waals surface area contributed by atoms with Crippen LogP contribution >= 0.6 is 0 Å². The van der Waals surface area contributed by atoms with E-state index in [9.17, 15) is 0 Å². The fraction of sp³-hybridized carbons (Fsp3) is 0.500. The van der Waals surface area contributed by atoms with Gasteiger partial charge in [-0.05, 0) is 0 Å². The van der Waals surface area contributed by atoms with Crippen molar-refractivity contribution in [2.24, 2.45) is 0 Å². The first-order valence-corrected chi connectivity index (χ1v) is 3.60. The van der Waals surface area contributed by atoms with Crippen molar-refractivity contribution in [1.29, 1.82) is 0 Å². The Labute approximate surface area is 75.7 Å². The van der Waals surface area contributed by atoms with Gasteiger partial charge in [0.15, 0.2) is 0 Å². The Morgan fingerprint density at radius 3 is 2.23 bits per heavy atom. The number of anilines is 3. The molecule has 0 aliphatic rings. The standard InChI is InChI=1S/C6H12N6O/c1-12(3-13-2)6-10-4(7)9-5(8)11-6/h3H2,1-2H3,(H4,7,8,9,10,11). The number of hydrogen-bond acceptors (Lipinski definition) is 7. The van der Waals surface area contributed by atoms with E-state index in [0.717, 1.165) is 0 Å². The van der Waals surface area contributed by atoms with Crippen LogP contribution < -0.4 is 16.4 Å². The summed E-state index contributed by atoms with van der Waals surface area (Å²) in [6, 6.07) is 0. The average molecular weight is 184 g/mol. The fourth-order valence-electron chi connectivity index (χ4n) is 0.819. The van der Waals surface area contributed by atoms with Gasteiger partial charge in [-0.2, -0.15) is 15.0 Å². The molecule has 1 aromatic rings. The lowest BCUT2D eigenvalue weighted by atomic mass is 10.7. The average Bonchev–Trinajstić information content (AvgIpc) is 2.03. The second-order valence-electron chi connectivity index (χ2n) is 2.47. The lowest BCUT2D eigenvalue weighted by Gasteiger charge is -2.15. The van der Waals surface area contributed by atoms with E-state index in [4.69, 9.17) is 16.2 Å².